The first-order valence-corrected chi connectivity index (χ1v) is 9.60. The van der Waals surface area contributed by atoms with E-state index < -0.39 is 0 Å². The number of ether oxygens (including phenoxy) is 1. The van der Waals surface area contributed by atoms with Gasteiger partial charge in [-0.2, -0.15) is 0 Å². The van der Waals surface area contributed by atoms with E-state index in [1.54, 1.807) is 6.20 Å². The molecule has 25 heavy (non-hydrogen) atoms. The number of anilines is 1. The van der Waals surface area contributed by atoms with Gasteiger partial charge in [-0.3, -0.25) is 9.69 Å². The van der Waals surface area contributed by atoms with Crippen molar-refractivity contribution in [1.29, 1.82) is 0 Å². The molecule has 0 spiro atoms. The second-order valence-corrected chi connectivity index (χ2v) is 7.43. The highest BCUT2D eigenvalue weighted by molar-refractivity contribution is 5.94. The average molecular weight is 344 g/mol. The van der Waals surface area contributed by atoms with Crippen LogP contribution >= 0.6 is 0 Å². The Labute approximate surface area is 149 Å². The number of aromatic nitrogens is 1. The minimum absolute atomic E-state index is 0.113. The highest BCUT2D eigenvalue weighted by Gasteiger charge is 2.28. The Balaban J connectivity index is 1.27. The van der Waals surface area contributed by atoms with Crippen LogP contribution in [0.3, 0.4) is 0 Å². The van der Waals surface area contributed by atoms with Gasteiger partial charge in [0.15, 0.2) is 0 Å². The van der Waals surface area contributed by atoms with Gasteiger partial charge in [-0.15, -0.1) is 0 Å². The fourth-order valence-corrected chi connectivity index (χ4v) is 3.76. The summed E-state index contributed by atoms with van der Waals surface area (Å²) >= 11 is 0. The van der Waals surface area contributed by atoms with Crippen molar-refractivity contribution in [1.82, 2.24) is 14.8 Å². The largest absolute Gasteiger partial charge is 0.379 e. The van der Waals surface area contributed by atoms with Crippen LogP contribution in [0.4, 0.5) is 5.82 Å². The van der Waals surface area contributed by atoms with Crippen molar-refractivity contribution in [3.63, 3.8) is 0 Å². The molecule has 136 valence electrons. The van der Waals surface area contributed by atoms with Crippen molar-refractivity contribution in [2.24, 2.45) is 5.92 Å². The number of nitrogens with one attached hydrogen (secondary N) is 1. The summed E-state index contributed by atoms with van der Waals surface area (Å²) < 4.78 is 5.43. The average Bonchev–Trinajstić information content (AvgIpc) is 3.52. The third kappa shape index (κ3) is 4.30. The van der Waals surface area contributed by atoms with Crippen LogP contribution in [0, 0.1) is 5.92 Å². The van der Waals surface area contributed by atoms with Crippen LogP contribution in [-0.4, -0.2) is 72.7 Å². The molecular formula is C19H28N4O2. The van der Waals surface area contributed by atoms with Crippen LogP contribution in [0.15, 0.2) is 18.3 Å². The molecule has 6 nitrogen and oxygen atoms in total. The third-order valence-corrected chi connectivity index (χ3v) is 5.59. The predicted octanol–water partition coefficient (Wildman–Crippen LogP) is 1.84. The Kier molecular flexibility index (Phi) is 5.17. The molecule has 3 aliphatic rings. The lowest BCUT2D eigenvalue weighted by Crippen LogP contribution is -2.50. The number of nitrogens with zero attached hydrogens (tertiary/aromatic N) is 3. The second-order valence-electron chi connectivity index (χ2n) is 7.43. The fraction of sp³-hybridized carbons (Fsp3) is 0.684. The van der Waals surface area contributed by atoms with E-state index >= 15 is 0 Å². The van der Waals surface area contributed by atoms with Crippen molar-refractivity contribution >= 4 is 11.7 Å². The summed E-state index contributed by atoms with van der Waals surface area (Å²) in [4.78, 5) is 21.6. The zero-order valence-electron chi connectivity index (χ0n) is 14.8. The van der Waals surface area contributed by atoms with Gasteiger partial charge in [0, 0.05) is 45.0 Å². The molecule has 0 atom stereocenters. The molecule has 4 rings (SSSR count). The first kappa shape index (κ1) is 16.8. The number of likely N-dealkylation sites (tertiary alicyclic amines) is 1. The number of carbonyl (C=O) groups excluding carboxylic acids is 1. The lowest BCUT2D eigenvalue weighted by Gasteiger charge is -2.40. The summed E-state index contributed by atoms with van der Waals surface area (Å²) in [5.74, 6) is 1.80. The highest BCUT2D eigenvalue weighted by Crippen LogP contribution is 2.28. The normalized spacial score (nSPS) is 22.8. The molecule has 1 saturated carbocycles. The van der Waals surface area contributed by atoms with E-state index in [1.807, 2.05) is 17.0 Å². The van der Waals surface area contributed by atoms with Gasteiger partial charge in [-0.1, -0.05) is 0 Å². The first-order chi connectivity index (χ1) is 12.3. The molecule has 6 heteroatoms. The van der Waals surface area contributed by atoms with Gasteiger partial charge in [-0.25, -0.2) is 4.98 Å². The van der Waals surface area contributed by atoms with Crippen molar-refractivity contribution in [3.05, 3.63) is 23.9 Å². The molecule has 1 N–H and O–H groups in total. The monoisotopic (exact) mass is 344 g/mol. The maximum absolute atomic E-state index is 12.7. The topological polar surface area (TPSA) is 57.7 Å². The molecule has 1 aliphatic carbocycles. The second kappa shape index (κ2) is 7.70. The highest BCUT2D eigenvalue weighted by atomic mass is 16.5. The van der Waals surface area contributed by atoms with Crippen molar-refractivity contribution in [3.8, 4) is 0 Å². The number of hydrogen-bond donors (Lipinski definition) is 1. The molecule has 1 aromatic heterocycles. The van der Waals surface area contributed by atoms with E-state index in [2.05, 4.69) is 15.2 Å². The maximum Gasteiger partial charge on any atom is 0.255 e. The lowest BCUT2D eigenvalue weighted by molar-refractivity contribution is 0.00158. The van der Waals surface area contributed by atoms with Gasteiger partial charge < -0.3 is 15.0 Å². The summed E-state index contributed by atoms with van der Waals surface area (Å²) in [6.07, 6.45) is 6.47. The van der Waals surface area contributed by atoms with Crippen molar-refractivity contribution < 1.29 is 9.53 Å². The zero-order valence-corrected chi connectivity index (χ0v) is 14.8. The molecule has 0 bridgehead atoms. The van der Waals surface area contributed by atoms with E-state index in [4.69, 9.17) is 4.74 Å². The Morgan fingerprint density at radius 3 is 2.52 bits per heavy atom. The van der Waals surface area contributed by atoms with E-state index in [1.165, 1.54) is 12.8 Å². The number of carbonyl (C=O) groups is 1. The van der Waals surface area contributed by atoms with Crippen molar-refractivity contribution in [2.75, 3.05) is 51.3 Å². The molecular weight excluding hydrogens is 316 g/mol. The van der Waals surface area contributed by atoms with E-state index in [9.17, 15) is 4.79 Å². The molecule has 3 heterocycles. The van der Waals surface area contributed by atoms with Crippen LogP contribution in [0.25, 0.3) is 0 Å². The standard InChI is InChI=1S/C19H28N4O2/c24-19(16-3-4-18(21-14-16)20-13-15-1-2-15)23-7-5-17(6-8-23)22-9-11-25-12-10-22/h3-4,14-15,17H,1-2,5-13H2,(H,20,21). The number of pyridine rings is 1. The first-order valence-electron chi connectivity index (χ1n) is 9.60. The Morgan fingerprint density at radius 2 is 1.88 bits per heavy atom. The summed E-state index contributed by atoms with van der Waals surface area (Å²) in [5.41, 5.74) is 0.696. The Morgan fingerprint density at radius 1 is 1.12 bits per heavy atom. The number of rotatable bonds is 5. The van der Waals surface area contributed by atoms with E-state index in [0.717, 1.165) is 70.5 Å². The molecule has 0 unspecified atom stereocenters. The summed E-state index contributed by atoms with van der Waals surface area (Å²) in [6.45, 7) is 6.40. The van der Waals surface area contributed by atoms with Crippen LogP contribution in [0.2, 0.25) is 0 Å². The smallest absolute Gasteiger partial charge is 0.255 e. The van der Waals surface area contributed by atoms with Crippen LogP contribution in [0.5, 0.6) is 0 Å². The summed E-state index contributed by atoms with van der Waals surface area (Å²) in [5, 5.41) is 3.34. The Hall–Kier alpha value is -1.66. The zero-order chi connectivity index (χ0) is 17.1. The number of amides is 1. The van der Waals surface area contributed by atoms with Crippen LogP contribution in [0.1, 0.15) is 36.0 Å². The van der Waals surface area contributed by atoms with Gasteiger partial charge in [-0.05, 0) is 43.7 Å². The van der Waals surface area contributed by atoms with E-state index in [-0.39, 0.29) is 5.91 Å². The van der Waals surface area contributed by atoms with Gasteiger partial charge in [0.05, 0.1) is 18.8 Å². The van der Waals surface area contributed by atoms with E-state index in [0.29, 0.717) is 11.6 Å². The molecule has 1 aromatic rings. The molecule has 3 fully saturated rings. The van der Waals surface area contributed by atoms with Gasteiger partial charge in [0.25, 0.3) is 5.91 Å². The quantitative estimate of drug-likeness (QED) is 0.883. The van der Waals surface area contributed by atoms with Gasteiger partial charge in [0.2, 0.25) is 0 Å². The maximum atomic E-state index is 12.7. The lowest BCUT2D eigenvalue weighted by atomic mass is 10.0. The summed E-state index contributed by atoms with van der Waals surface area (Å²) in [6, 6.07) is 4.43. The SMILES string of the molecule is O=C(c1ccc(NCC2CC2)nc1)N1CCC(N2CCOCC2)CC1. The third-order valence-electron chi connectivity index (χ3n) is 5.59. The predicted molar refractivity (Wildman–Crippen MR) is 96.8 cm³/mol. The Bertz CT molecular complexity index is 574. The number of piperidine rings is 1. The van der Waals surface area contributed by atoms with Crippen LogP contribution < -0.4 is 5.32 Å². The van der Waals surface area contributed by atoms with Gasteiger partial charge in [0.1, 0.15) is 5.82 Å². The number of hydrogen-bond acceptors (Lipinski definition) is 5. The molecule has 1 amide bonds. The van der Waals surface area contributed by atoms with Crippen LogP contribution in [-0.2, 0) is 4.74 Å². The minimum atomic E-state index is 0.113. The molecule has 2 aliphatic heterocycles. The minimum Gasteiger partial charge on any atom is -0.379 e. The summed E-state index contributed by atoms with van der Waals surface area (Å²) in [7, 11) is 0. The molecule has 2 saturated heterocycles. The fourth-order valence-electron chi connectivity index (χ4n) is 3.76. The van der Waals surface area contributed by atoms with Gasteiger partial charge >= 0.3 is 0 Å². The number of morpholine rings is 1. The van der Waals surface area contributed by atoms with Crippen molar-refractivity contribution in [2.45, 2.75) is 31.7 Å². The molecule has 0 aromatic carbocycles. The molecule has 0 radical (unpaired) electrons.